The van der Waals surface area contributed by atoms with Crippen LogP contribution in [0.4, 0.5) is 5.69 Å². The lowest BCUT2D eigenvalue weighted by Crippen LogP contribution is -2.22. The van der Waals surface area contributed by atoms with Gasteiger partial charge in [0.15, 0.2) is 5.96 Å². The molecule has 0 aromatic heterocycles. The zero-order valence-corrected chi connectivity index (χ0v) is 11.9. The van der Waals surface area contributed by atoms with Crippen LogP contribution in [-0.4, -0.2) is 12.5 Å². The van der Waals surface area contributed by atoms with Crippen molar-refractivity contribution in [3.8, 4) is 0 Å². The fourth-order valence-corrected chi connectivity index (χ4v) is 2.58. The summed E-state index contributed by atoms with van der Waals surface area (Å²) in [4.78, 5) is 4.37. The molecule has 0 bridgehead atoms. The van der Waals surface area contributed by atoms with Gasteiger partial charge in [-0.2, -0.15) is 0 Å². The second-order valence-electron chi connectivity index (χ2n) is 5.29. The monoisotopic (exact) mass is 259 g/mol. The SMILES string of the molecule is CCCCCCN=C(N)Nc1ccc2c(c1)CCC2. The predicted molar refractivity (Wildman–Crippen MR) is 82.7 cm³/mol. The average molecular weight is 259 g/mol. The van der Waals surface area contributed by atoms with Gasteiger partial charge < -0.3 is 11.1 Å². The summed E-state index contributed by atoms with van der Waals surface area (Å²) < 4.78 is 0. The predicted octanol–water partition coefficient (Wildman–Crippen LogP) is 3.48. The minimum Gasteiger partial charge on any atom is -0.370 e. The zero-order valence-electron chi connectivity index (χ0n) is 11.9. The smallest absolute Gasteiger partial charge is 0.193 e. The van der Waals surface area contributed by atoms with Crippen LogP contribution in [-0.2, 0) is 12.8 Å². The third kappa shape index (κ3) is 4.27. The lowest BCUT2D eigenvalue weighted by atomic mass is 10.1. The number of hydrogen-bond donors (Lipinski definition) is 2. The first-order valence-electron chi connectivity index (χ1n) is 7.48. The first-order valence-corrected chi connectivity index (χ1v) is 7.48. The molecule has 0 saturated carbocycles. The van der Waals surface area contributed by atoms with Gasteiger partial charge >= 0.3 is 0 Å². The van der Waals surface area contributed by atoms with E-state index < -0.39 is 0 Å². The summed E-state index contributed by atoms with van der Waals surface area (Å²) in [5.74, 6) is 0.537. The molecule has 1 aromatic carbocycles. The Bertz CT molecular complexity index is 438. The van der Waals surface area contributed by atoms with Gasteiger partial charge in [0.25, 0.3) is 0 Å². The van der Waals surface area contributed by atoms with Crippen LogP contribution in [0.25, 0.3) is 0 Å². The topological polar surface area (TPSA) is 50.4 Å². The number of aliphatic imine (C=N–C) groups is 1. The number of anilines is 1. The second-order valence-corrected chi connectivity index (χ2v) is 5.29. The molecular weight excluding hydrogens is 234 g/mol. The van der Waals surface area contributed by atoms with Crippen molar-refractivity contribution in [2.24, 2.45) is 10.7 Å². The highest BCUT2D eigenvalue weighted by molar-refractivity contribution is 5.92. The maximum absolute atomic E-state index is 5.90. The molecule has 1 aromatic rings. The molecular formula is C16H25N3. The summed E-state index contributed by atoms with van der Waals surface area (Å²) in [6.45, 7) is 3.04. The van der Waals surface area contributed by atoms with Crippen LogP contribution in [0.2, 0.25) is 0 Å². The van der Waals surface area contributed by atoms with Crippen LogP contribution >= 0.6 is 0 Å². The highest BCUT2D eigenvalue weighted by atomic mass is 15.1. The molecule has 1 aliphatic carbocycles. The Morgan fingerprint density at radius 2 is 2.05 bits per heavy atom. The van der Waals surface area contributed by atoms with Gasteiger partial charge in [-0.3, -0.25) is 4.99 Å². The van der Waals surface area contributed by atoms with Crippen molar-refractivity contribution in [1.29, 1.82) is 0 Å². The van der Waals surface area contributed by atoms with Crippen LogP contribution < -0.4 is 11.1 Å². The molecule has 0 aliphatic heterocycles. The number of nitrogens with one attached hydrogen (secondary N) is 1. The number of rotatable bonds is 6. The van der Waals surface area contributed by atoms with Crippen LogP contribution in [0, 0.1) is 0 Å². The van der Waals surface area contributed by atoms with Gasteiger partial charge in [0.05, 0.1) is 0 Å². The first-order chi connectivity index (χ1) is 9.29. The number of aryl methyl sites for hydroxylation is 2. The lowest BCUT2D eigenvalue weighted by Gasteiger charge is -2.08. The van der Waals surface area contributed by atoms with Crippen molar-refractivity contribution in [1.82, 2.24) is 0 Å². The van der Waals surface area contributed by atoms with Gasteiger partial charge in [0.1, 0.15) is 0 Å². The van der Waals surface area contributed by atoms with E-state index in [0.717, 1.165) is 18.7 Å². The van der Waals surface area contributed by atoms with Crippen LogP contribution in [0.1, 0.15) is 50.2 Å². The van der Waals surface area contributed by atoms with E-state index in [1.54, 1.807) is 0 Å². The Morgan fingerprint density at radius 1 is 1.21 bits per heavy atom. The average Bonchev–Trinajstić information content (AvgIpc) is 2.86. The molecule has 2 rings (SSSR count). The molecule has 0 unspecified atom stereocenters. The van der Waals surface area contributed by atoms with Crippen molar-refractivity contribution in [3.63, 3.8) is 0 Å². The van der Waals surface area contributed by atoms with E-state index in [0.29, 0.717) is 5.96 Å². The maximum atomic E-state index is 5.90. The summed E-state index contributed by atoms with van der Waals surface area (Å²) in [5.41, 5.74) is 9.92. The number of guanidine groups is 1. The number of unbranched alkanes of at least 4 members (excludes halogenated alkanes) is 3. The number of benzene rings is 1. The summed E-state index contributed by atoms with van der Waals surface area (Å²) in [6.07, 6.45) is 8.60. The summed E-state index contributed by atoms with van der Waals surface area (Å²) in [5, 5.41) is 3.19. The molecule has 0 fully saturated rings. The van der Waals surface area contributed by atoms with E-state index in [9.17, 15) is 0 Å². The number of fused-ring (bicyclic) bond motifs is 1. The molecule has 19 heavy (non-hydrogen) atoms. The Kier molecular flexibility index (Phi) is 5.25. The quantitative estimate of drug-likeness (QED) is 0.467. The van der Waals surface area contributed by atoms with Crippen molar-refractivity contribution in [2.45, 2.75) is 51.9 Å². The van der Waals surface area contributed by atoms with Crippen LogP contribution in [0.3, 0.4) is 0 Å². The zero-order chi connectivity index (χ0) is 13.5. The highest BCUT2D eigenvalue weighted by Crippen LogP contribution is 2.24. The molecule has 3 nitrogen and oxygen atoms in total. The normalized spacial score (nSPS) is 14.5. The van der Waals surface area contributed by atoms with E-state index in [4.69, 9.17) is 5.73 Å². The van der Waals surface area contributed by atoms with Gasteiger partial charge in [-0.05, 0) is 48.9 Å². The standard InChI is InChI=1S/C16H25N3/c1-2-3-4-5-11-18-16(17)19-15-10-9-13-7-6-8-14(13)12-15/h9-10,12H,2-8,11H2,1H3,(H3,17,18,19). The fourth-order valence-electron chi connectivity index (χ4n) is 2.58. The summed E-state index contributed by atoms with van der Waals surface area (Å²) >= 11 is 0. The van der Waals surface area contributed by atoms with Gasteiger partial charge in [-0.15, -0.1) is 0 Å². The van der Waals surface area contributed by atoms with Crippen molar-refractivity contribution in [2.75, 3.05) is 11.9 Å². The third-order valence-corrected chi connectivity index (χ3v) is 3.66. The van der Waals surface area contributed by atoms with Gasteiger partial charge in [0, 0.05) is 12.2 Å². The second kappa shape index (κ2) is 7.17. The van der Waals surface area contributed by atoms with E-state index >= 15 is 0 Å². The van der Waals surface area contributed by atoms with Gasteiger partial charge in [-0.25, -0.2) is 0 Å². The van der Waals surface area contributed by atoms with Crippen molar-refractivity contribution < 1.29 is 0 Å². The summed E-state index contributed by atoms with van der Waals surface area (Å²) in [7, 11) is 0. The van der Waals surface area contributed by atoms with Gasteiger partial charge in [-0.1, -0.05) is 32.3 Å². The van der Waals surface area contributed by atoms with E-state index in [1.165, 1.54) is 49.7 Å². The summed E-state index contributed by atoms with van der Waals surface area (Å²) in [6, 6.07) is 6.52. The Hall–Kier alpha value is -1.51. The molecule has 0 atom stereocenters. The Morgan fingerprint density at radius 3 is 2.89 bits per heavy atom. The van der Waals surface area contributed by atoms with Crippen LogP contribution in [0.15, 0.2) is 23.2 Å². The van der Waals surface area contributed by atoms with E-state index in [2.05, 4.69) is 35.4 Å². The van der Waals surface area contributed by atoms with E-state index in [1.807, 2.05) is 0 Å². The Balaban J connectivity index is 1.81. The van der Waals surface area contributed by atoms with Crippen LogP contribution in [0.5, 0.6) is 0 Å². The largest absolute Gasteiger partial charge is 0.370 e. The van der Waals surface area contributed by atoms with E-state index in [-0.39, 0.29) is 0 Å². The fraction of sp³-hybridized carbons (Fsp3) is 0.562. The number of nitrogens with zero attached hydrogens (tertiary/aromatic N) is 1. The molecule has 104 valence electrons. The van der Waals surface area contributed by atoms with Crippen molar-refractivity contribution in [3.05, 3.63) is 29.3 Å². The molecule has 0 spiro atoms. The number of hydrogen-bond acceptors (Lipinski definition) is 1. The molecule has 0 amide bonds. The minimum absolute atomic E-state index is 0.537. The molecule has 3 heteroatoms. The molecule has 0 radical (unpaired) electrons. The Labute approximate surface area is 116 Å². The first kappa shape index (κ1) is 13.9. The third-order valence-electron chi connectivity index (χ3n) is 3.66. The minimum atomic E-state index is 0.537. The maximum Gasteiger partial charge on any atom is 0.193 e. The molecule has 0 saturated heterocycles. The van der Waals surface area contributed by atoms with Gasteiger partial charge in [0.2, 0.25) is 0 Å². The van der Waals surface area contributed by atoms with Crippen molar-refractivity contribution >= 4 is 11.6 Å². The molecule has 1 aliphatic rings. The lowest BCUT2D eigenvalue weighted by molar-refractivity contribution is 0.675. The molecule has 0 heterocycles. The highest BCUT2D eigenvalue weighted by Gasteiger charge is 2.10. The number of nitrogens with two attached hydrogens (primary N) is 1. The molecule has 3 N–H and O–H groups in total.